The zero-order chi connectivity index (χ0) is 21.9. The minimum atomic E-state index is -0.222. The van der Waals surface area contributed by atoms with Crippen molar-refractivity contribution in [1.82, 2.24) is 0 Å². The van der Waals surface area contributed by atoms with Crippen LogP contribution < -0.4 is 0 Å². The monoisotopic (exact) mass is 420 g/mol. The molecule has 0 amide bonds. The van der Waals surface area contributed by atoms with Crippen molar-refractivity contribution in [3.8, 4) is 0 Å². The van der Waals surface area contributed by atoms with Crippen molar-refractivity contribution in [2.24, 2.45) is 45.8 Å². The third kappa shape index (κ3) is 3.45. The molecule has 0 aliphatic heterocycles. The van der Waals surface area contributed by atoms with Gasteiger partial charge in [0.25, 0.3) is 0 Å². The second-order valence-electron chi connectivity index (χ2n) is 12.5. The highest BCUT2D eigenvalue weighted by atomic mass is 16.5. The molecule has 0 aromatic carbocycles. The van der Waals surface area contributed by atoms with E-state index in [2.05, 4.69) is 27.7 Å². The molecule has 2 N–H and O–H groups in total. The predicted molar refractivity (Wildman–Crippen MR) is 118 cm³/mol. The Morgan fingerprint density at radius 2 is 1.67 bits per heavy atom. The van der Waals surface area contributed by atoms with Crippen molar-refractivity contribution in [1.29, 1.82) is 0 Å². The Labute approximate surface area is 183 Å². The first kappa shape index (κ1) is 22.6. The van der Waals surface area contributed by atoms with Gasteiger partial charge >= 0.3 is 5.97 Å². The van der Waals surface area contributed by atoms with E-state index in [0.717, 1.165) is 32.1 Å². The van der Waals surface area contributed by atoms with Gasteiger partial charge in [-0.05, 0) is 104 Å². The summed E-state index contributed by atoms with van der Waals surface area (Å²) in [4.78, 5) is 11.8. The normalized spacial score (nSPS) is 48.4. The van der Waals surface area contributed by atoms with Crippen LogP contribution in [-0.4, -0.2) is 35.5 Å². The lowest BCUT2D eigenvalue weighted by atomic mass is 9.43. The molecule has 0 aromatic heterocycles. The van der Waals surface area contributed by atoms with Crippen LogP contribution in [0, 0.1) is 45.8 Å². The molecule has 4 saturated carbocycles. The predicted octanol–water partition coefficient (Wildman–Crippen LogP) is 4.96. The Kier molecular flexibility index (Phi) is 5.84. The van der Waals surface area contributed by atoms with E-state index in [0.29, 0.717) is 36.0 Å². The first-order chi connectivity index (χ1) is 14.0. The summed E-state index contributed by atoms with van der Waals surface area (Å²) >= 11 is 0. The summed E-state index contributed by atoms with van der Waals surface area (Å²) in [6, 6.07) is 0. The summed E-state index contributed by atoms with van der Waals surface area (Å²) in [5, 5.41) is 21.6. The average molecular weight is 421 g/mol. The molecule has 0 bridgehead atoms. The number of ether oxygens (including phenoxy) is 1. The Morgan fingerprint density at radius 1 is 1.00 bits per heavy atom. The van der Waals surface area contributed by atoms with Gasteiger partial charge in [0, 0.05) is 6.42 Å². The average Bonchev–Trinajstić information content (AvgIpc) is 3.05. The van der Waals surface area contributed by atoms with Crippen molar-refractivity contribution < 1.29 is 19.7 Å². The van der Waals surface area contributed by atoms with E-state index in [9.17, 15) is 15.0 Å². The first-order valence-corrected chi connectivity index (χ1v) is 12.5. The summed E-state index contributed by atoms with van der Waals surface area (Å²) in [5.41, 5.74) is 0.633. The van der Waals surface area contributed by atoms with Gasteiger partial charge < -0.3 is 14.9 Å². The van der Waals surface area contributed by atoms with Crippen LogP contribution in [0.3, 0.4) is 0 Å². The van der Waals surface area contributed by atoms with E-state index in [1.165, 1.54) is 32.8 Å². The number of aliphatic hydroxyl groups excluding tert-OH is 2. The molecular formula is C26H44O4. The summed E-state index contributed by atoms with van der Waals surface area (Å²) in [6.07, 6.45) is 9.64. The van der Waals surface area contributed by atoms with Crippen LogP contribution in [0.5, 0.6) is 0 Å². The summed E-state index contributed by atoms with van der Waals surface area (Å²) in [7, 11) is 1.48. The molecule has 4 aliphatic rings. The van der Waals surface area contributed by atoms with E-state index in [1.807, 2.05) is 0 Å². The van der Waals surface area contributed by atoms with Crippen LogP contribution in [0.25, 0.3) is 0 Å². The zero-order valence-corrected chi connectivity index (χ0v) is 19.8. The molecule has 30 heavy (non-hydrogen) atoms. The lowest BCUT2D eigenvalue weighted by molar-refractivity contribution is -0.177. The van der Waals surface area contributed by atoms with E-state index in [1.54, 1.807) is 0 Å². The second kappa shape index (κ2) is 7.76. The SMILES string of the molecule is COC(=O)CCC(C)(C)[C@H]1CC[C@H]2[C@@H]3[C@@H](O)C[C@@H]4C[C@H](O)CC[C@]4(C)[C@H]3CC[C@]12C. The van der Waals surface area contributed by atoms with Gasteiger partial charge in [0.05, 0.1) is 19.3 Å². The molecule has 4 fully saturated rings. The van der Waals surface area contributed by atoms with Gasteiger partial charge in [-0.15, -0.1) is 0 Å². The molecule has 0 aromatic rings. The van der Waals surface area contributed by atoms with Crippen molar-refractivity contribution in [2.45, 2.75) is 104 Å². The third-order valence-corrected chi connectivity index (χ3v) is 10.8. The summed E-state index contributed by atoms with van der Waals surface area (Å²) in [6.45, 7) is 9.66. The number of hydrogen-bond acceptors (Lipinski definition) is 4. The highest BCUT2D eigenvalue weighted by Gasteiger charge is 2.63. The van der Waals surface area contributed by atoms with Crippen LogP contribution in [-0.2, 0) is 9.53 Å². The molecule has 0 unspecified atom stereocenters. The Morgan fingerprint density at radius 3 is 2.37 bits per heavy atom. The standard InChI is InChI=1S/C26H44O4/c1-24(2,11-10-22(29)30-5)21-7-6-18-23-19(9-13-26(18,21)4)25(3)12-8-17(27)14-16(25)15-20(23)28/h16-21,23,27-28H,6-15H2,1-5H3/t16-,17+,18-,19-,20-,21+,23-,25-,26-/m0/s1. The largest absolute Gasteiger partial charge is 0.469 e. The van der Waals surface area contributed by atoms with E-state index < -0.39 is 0 Å². The van der Waals surface area contributed by atoms with Crippen LogP contribution in [0.4, 0.5) is 0 Å². The lowest BCUT2D eigenvalue weighted by Crippen LogP contribution is -2.59. The van der Waals surface area contributed by atoms with Gasteiger partial charge in [-0.1, -0.05) is 27.7 Å². The topological polar surface area (TPSA) is 66.8 Å². The van der Waals surface area contributed by atoms with Crippen molar-refractivity contribution in [3.63, 3.8) is 0 Å². The molecule has 172 valence electrons. The number of fused-ring (bicyclic) bond motifs is 5. The van der Waals surface area contributed by atoms with Crippen LogP contribution in [0.15, 0.2) is 0 Å². The van der Waals surface area contributed by atoms with E-state index in [-0.39, 0.29) is 34.4 Å². The molecule has 0 heterocycles. The molecule has 9 atom stereocenters. The highest BCUT2D eigenvalue weighted by molar-refractivity contribution is 5.69. The molecule has 0 radical (unpaired) electrons. The maximum atomic E-state index is 11.8. The lowest BCUT2D eigenvalue weighted by Gasteiger charge is -2.63. The smallest absolute Gasteiger partial charge is 0.305 e. The number of aliphatic hydroxyl groups is 2. The van der Waals surface area contributed by atoms with E-state index >= 15 is 0 Å². The van der Waals surface area contributed by atoms with Crippen LogP contribution >= 0.6 is 0 Å². The minimum absolute atomic E-state index is 0.103. The van der Waals surface area contributed by atoms with Gasteiger partial charge in [0.2, 0.25) is 0 Å². The fraction of sp³-hybridized carbons (Fsp3) is 0.962. The van der Waals surface area contributed by atoms with Crippen molar-refractivity contribution >= 4 is 5.97 Å². The Balaban J connectivity index is 1.56. The van der Waals surface area contributed by atoms with Gasteiger partial charge in [-0.3, -0.25) is 4.79 Å². The summed E-state index contributed by atoms with van der Waals surface area (Å²) in [5.74, 6) is 2.53. The van der Waals surface area contributed by atoms with Crippen LogP contribution in [0.1, 0.15) is 91.9 Å². The summed E-state index contributed by atoms with van der Waals surface area (Å²) < 4.78 is 4.90. The number of hydrogen-bond donors (Lipinski definition) is 2. The molecule has 0 spiro atoms. The molecule has 0 saturated heterocycles. The molecule has 4 rings (SSSR count). The number of esters is 1. The third-order valence-electron chi connectivity index (χ3n) is 10.8. The fourth-order valence-electron chi connectivity index (χ4n) is 9.18. The first-order valence-electron chi connectivity index (χ1n) is 12.5. The number of methoxy groups -OCH3 is 1. The van der Waals surface area contributed by atoms with E-state index in [4.69, 9.17) is 4.74 Å². The number of rotatable bonds is 4. The number of carbonyl (C=O) groups is 1. The van der Waals surface area contributed by atoms with Gasteiger partial charge in [0.15, 0.2) is 0 Å². The quantitative estimate of drug-likeness (QED) is 0.631. The molecular weight excluding hydrogens is 376 g/mol. The Hall–Kier alpha value is -0.610. The minimum Gasteiger partial charge on any atom is -0.469 e. The number of carbonyl (C=O) groups excluding carboxylic acids is 1. The maximum absolute atomic E-state index is 11.8. The van der Waals surface area contributed by atoms with Gasteiger partial charge in [0.1, 0.15) is 0 Å². The fourth-order valence-corrected chi connectivity index (χ4v) is 9.18. The maximum Gasteiger partial charge on any atom is 0.305 e. The molecule has 4 aliphatic carbocycles. The van der Waals surface area contributed by atoms with Crippen molar-refractivity contribution in [3.05, 3.63) is 0 Å². The molecule has 4 heteroatoms. The van der Waals surface area contributed by atoms with Crippen LogP contribution in [0.2, 0.25) is 0 Å². The zero-order valence-electron chi connectivity index (χ0n) is 19.8. The second-order valence-corrected chi connectivity index (χ2v) is 12.5. The van der Waals surface area contributed by atoms with Crippen molar-refractivity contribution in [2.75, 3.05) is 7.11 Å². The molecule has 4 nitrogen and oxygen atoms in total. The van der Waals surface area contributed by atoms with Gasteiger partial charge in [-0.25, -0.2) is 0 Å². The Bertz CT molecular complexity index is 659. The van der Waals surface area contributed by atoms with Gasteiger partial charge in [-0.2, -0.15) is 0 Å². The highest BCUT2D eigenvalue weighted by Crippen LogP contribution is 2.69.